The van der Waals surface area contributed by atoms with Crippen molar-refractivity contribution in [2.24, 2.45) is 0 Å². The average Bonchev–Trinajstić information content (AvgIpc) is 2.89. The lowest BCUT2D eigenvalue weighted by Crippen LogP contribution is -2.19. The molecule has 8 heteroatoms. The van der Waals surface area contributed by atoms with Crippen LogP contribution in [0.2, 0.25) is 0 Å². The molecule has 0 atom stereocenters. The number of amides is 4. The van der Waals surface area contributed by atoms with Crippen molar-refractivity contribution in [2.45, 2.75) is 13.8 Å². The zero-order valence-electron chi connectivity index (χ0n) is 11.0. The number of hydrogen-bond donors (Lipinski definition) is 2. The number of carbonyl (C=O) groups excluding carboxylic acids is 5. The molecule has 0 aromatic carbocycles. The fourth-order valence-corrected chi connectivity index (χ4v) is 0.916. The largest absolute Gasteiger partial charge is 0.466 e. The maximum atomic E-state index is 10.0. The van der Waals surface area contributed by atoms with Crippen LogP contribution in [0.1, 0.15) is 13.8 Å². The number of esters is 1. The van der Waals surface area contributed by atoms with Crippen LogP contribution in [0.25, 0.3) is 0 Å². The van der Waals surface area contributed by atoms with Gasteiger partial charge in [-0.3, -0.25) is 34.6 Å². The molecular formula is C12H14N2O6. The molecule has 2 rings (SSSR count). The van der Waals surface area contributed by atoms with Crippen molar-refractivity contribution in [1.82, 2.24) is 10.6 Å². The van der Waals surface area contributed by atoms with Crippen LogP contribution in [0.15, 0.2) is 24.3 Å². The van der Waals surface area contributed by atoms with E-state index in [1.165, 1.54) is 31.2 Å². The summed E-state index contributed by atoms with van der Waals surface area (Å²) in [6.45, 7) is 3.65. The summed E-state index contributed by atoms with van der Waals surface area (Å²) in [6, 6.07) is 0. The highest BCUT2D eigenvalue weighted by atomic mass is 16.5. The molecule has 0 bridgehead atoms. The number of hydrogen-bond acceptors (Lipinski definition) is 6. The third-order valence-electron chi connectivity index (χ3n) is 1.61. The molecule has 0 aliphatic carbocycles. The first kappa shape index (κ1) is 17.2. The highest BCUT2D eigenvalue weighted by Gasteiger charge is 2.07. The van der Waals surface area contributed by atoms with Gasteiger partial charge in [0.15, 0.2) is 0 Å². The lowest BCUT2D eigenvalue weighted by molar-refractivity contribution is -0.140. The zero-order chi connectivity index (χ0) is 15.5. The summed E-state index contributed by atoms with van der Waals surface area (Å²) in [5.41, 5.74) is 0. The molecule has 8 nitrogen and oxygen atoms in total. The van der Waals surface area contributed by atoms with Crippen molar-refractivity contribution in [3.05, 3.63) is 24.3 Å². The Balaban J connectivity index is 0.000000272. The summed E-state index contributed by atoms with van der Waals surface area (Å²) < 4.78 is 4.40. The molecule has 20 heavy (non-hydrogen) atoms. The molecule has 0 spiro atoms. The minimum absolute atomic E-state index is 0.211. The fraction of sp³-hybridized carbons (Fsp3) is 0.250. The van der Waals surface area contributed by atoms with Gasteiger partial charge in [0.05, 0.1) is 6.61 Å². The Morgan fingerprint density at radius 1 is 0.900 bits per heavy atom. The van der Waals surface area contributed by atoms with E-state index in [4.69, 9.17) is 0 Å². The summed E-state index contributed by atoms with van der Waals surface area (Å²) in [4.78, 5) is 50.0. The van der Waals surface area contributed by atoms with E-state index in [2.05, 4.69) is 4.74 Å². The first-order valence-electron chi connectivity index (χ1n) is 5.54. The Morgan fingerprint density at radius 3 is 1.25 bits per heavy atom. The van der Waals surface area contributed by atoms with Gasteiger partial charge in [-0.25, -0.2) is 0 Å². The van der Waals surface area contributed by atoms with E-state index in [1.54, 1.807) is 6.92 Å². The Morgan fingerprint density at radius 2 is 1.20 bits per heavy atom. The van der Waals surface area contributed by atoms with Crippen LogP contribution in [0.4, 0.5) is 0 Å². The van der Waals surface area contributed by atoms with Gasteiger partial charge in [0.25, 0.3) is 23.6 Å². The van der Waals surface area contributed by atoms with Gasteiger partial charge in [-0.05, 0) is 6.92 Å². The van der Waals surface area contributed by atoms with Crippen LogP contribution in [0, 0.1) is 0 Å². The molecule has 0 aromatic rings. The predicted octanol–water partition coefficient (Wildman–Crippen LogP) is -1.03. The number of ether oxygens (including phenoxy) is 1. The molecule has 2 heterocycles. The van der Waals surface area contributed by atoms with Crippen LogP contribution < -0.4 is 10.6 Å². The standard InChI is InChI=1S/2C4H3NO2.C4H8O2/c2*6-3-1-2-4(7)5-3;1-3-6-4(2)5/h2*1-2H,(H,5,6,7);3H2,1-2H3. The molecule has 2 aliphatic heterocycles. The van der Waals surface area contributed by atoms with Gasteiger partial charge >= 0.3 is 5.97 Å². The highest BCUT2D eigenvalue weighted by Crippen LogP contribution is 1.83. The lowest BCUT2D eigenvalue weighted by atomic mass is 10.6. The van der Waals surface area contributed by atoms with Crippen LogP contribution in [-0.2, 0) is 28.7 Å². The highest BCUT2D eigenvalue weighted by molar-refractivity contribution is 6.13. The van der Waals surface area contributed by atoms with Gasteiger partial charge in [-0.15, -0.1) is 0 Å². The van der Waals surface area contributed by atoms with E-state index in [9.17, 15) is 24.0 Å². The first-order valence-corrected chi connectivity index (χ1v) is 5.54. The third kappa shape index (κ3) is 9.28. The molecule has 2 aliphatic rings. The molecule has 0 radical (unpaired) electrons. The van der Waals surface area contributed by atoms with Crippen molar-refractivity contribution in [3.8, 4) is 0 Å². The number of carbonyl (C=O) groups is 5. The van der Waals surface area contributed by atoms with E-state index >= 15 is 0 Å². The second kappa shape index (κ2) is 9.20. The van der Waals surface area contributed by atoms with E-state index in [0.717, 1.165) is 0 Å². The summed E-state index contributed by atoms with van der Waals surface area (Å²) in [7, 11) is 0. The van der Waals surface area contributed by atoms with Crippen molar-refractivity contribution in [1.29, 1.82) is 0 Å². The van der Waals surface area contributed by atoms with E-state index in [-0.39, 0.29) is 29.6 Å². The zero-order valence-corrected chi connectivity index (χ0v) is 11.0. The van der Waals surface area contributed by atoms with E-state index in [1.807, 2.05) is 10.6 Å². The van der Waals surface area contributed by atoms with Gasteiger partial charge < -0.3 is 4.74 Å². The molecule has 0 fully saturated rings. The predicted molar refractivity (Wildman–Crippen MR) is 66.9 cm³/mol. The Labute approximate surface area is 114 Å². The molecule has 2 N–H and O–H groups in total. The van der Waals surface area contributed by atoms with E-state index in [0.29, 0.717) is 6.61 Å². The fourth-order valence-electron chi connectivity index (χ4n) is 0.916. The first-order chi connectivity index (χ1) is 9.35. The molecule has 0 aromatic heterocycles. The van der Waals surface area contributed by atoms with Gasteiger partial charge in [0.2, 0.25) is 0 Å². The average molecular weight is 282 g/mol. The second-order valence-corrected chi connectivity index (χ2v) is 3.30. The van der Waals surface area contributed by atoms with Gasteiger partial charge in [-0.2, -0.15) is 0 Å². The summed E-state index contributed by atoms with van der Waals surface area (Å²) >= 11 is 0. The number of nitrogens with one attached hydrogen (secondary N) is 2. The Bertz CT molecular complexity index is 410. The summed E-state index contributed by atoms with van der Waals surface area (Å²) in [6.07, 6.45) is 4.79. The Kier molecular flexibility index (Phi) is 7.92. The number of rotatable bonds is 1. The second-order valence-electron chi connectivity index (χ2n) is 3.30. The van der Waals surface area contributed by atoms with Crippen LogP contribution in [-0.4, -0.2) is 36.2 Å². The maximum absolute atomic E-state index is 10.0. The third-order valence-corrected chi connectivity index (χ3v) is 1.61. The van der Waals surface area contributed by atoms with Crippen LogP contribution >= 0.6 is 0 Å². The molecule has 4 amide bonds. The summed E-state index contributed by atoms with van der Waals surface area (Å²) in [5.74, 6) is -1.53. The maximum Gasteiger partial charge on any atom is 0.302 e. The number of imide groups is 2. The van der Waals surface area contributed by atoms with Gasteiger partial charge in [0.1, 0.15) is 0 Å². The monoisotopic (exact) mass is 282 g/mol. The molecule has 0 unspecified atom stereocenters. The van der Waals surface area contributed by atoms with Crippen molar-refractivity contribution in [3.63, 3.8) is 0 Å². The normalized spacial score (nSPS) is 14.7. The molecule has 0 saturated carbocycles. The van der Waals surface area contributed by atoms with Crippen molar-refractivity contribution >= 4 is 29.6 Å². The molecule has 0 saturated heterocycles. The molecule has 108 valence electrons. The smallest absolute Gasteiger partial charge is 0.302 e. The van der Waals surface area contributed by atoms with E-state index < -0.39 is 0 Å². The van der Waals surface area contributed by atoms with Gasteiger partial charge in [0, 0.05) is 31.2 Å². The Hall–Kier alpha value is -2.77. The summed E-state index contributed by atoms with van der Waals surface area (Å²) in [5, 5.41) is 4.06. The van der Waals surface area contributed by atoms with Crippen LogP contribution in [0.5, 0.6) is 0 Å². The van der Waals surface area contributed by atoms with Crippen molar-refractivity contribution in [2.75, 3.05) is 6.61 Å². The molecular weight excluding hydrogens is 268 g/mol. The minimum atomic E-state index is -0.329. The van der Waals surface area contributed by atoms with Crippen molar-refractivity contribution < 1.29 is 28.7 Å². The topological polar surface area (TPSA) is 119 Å². The minimum Gasteiger partial charge on any atom is -0.466 e. The van der Waals surface area contributed by atoms with Gasteiger partial charge in [-0.1, -0.05) is 0 Å². The lowest BCUT2D eigenvalue weighted by Gasteiger charge is -1.89. The SMILES string of the molecule is CCOC(C)=O.O=C1C=CC(=O)N1.O=C1C=CC(=O)N1. The quantitative estimate of drug-likeness (QED) is 0.469. The van der Waals surface area contributed by atoms with Crippen LogP contribution in [0.3, 0.4) is 0 Å².